The van der Waals surface area contributed by atoms with E-state index in [1.54, 1.807) is 6.20 Å². The summed E-state index contributed by atoms with van der Waals surface area (Å²) in [6.07, 6.45) is 6.83. The van der Waals surface area contributed by atoms with Crippen molar-refractivity contribution in [3.05, 3.63) is 71.6 Å². The van der Waals surface area contributed by atoms with Gasteiger partial charge in [0.2, 0.25) is 0 Å². The zero-order valence-corrected chi connectivity index (χ0v) is 13.6. The predicted molar refractivity (Wildman–Crippen MR) is 95.8 cm³/mol. The van der Waals surface area contributed by atoms with Gasteiger partial charge in [0.1, 0.15) is 5.65 Å². The number of aromatic amines is 1. The van der Waals surface area contributed by atoms with Crippen LogP contribution in [0.5, 0.6) is 0 Å². The Morgan fingerprint density at radius 1 is 1.21 bits per heavy atom. The largest absolute Gasteiger partial charge is 0.346 e. The maximum atomic E-state index is 12.7. The van der Waals surface area contributed by atoms with Crippen molar-refractivity contribution in [2.45, 2.75) is 13.3 Å². The quantitative estimate of drug-likeness (QED) is 0.781. The first-order valence-corrected chi connectivity index (χ1v) is 8.20. The van der Waals surface area contributed by atoms with Crippen molar-refractivity contribution in [3.63, 3.8) is 0 Å². The molecule has 0 saturated heterocycles. The Kier molecular flexibility index (Phi) is 3.65. The smallest absolute Gasteiger partial charge is 0.254 e. The monoisotopic (exact) mass is 317 g/mol. The predicted octanol–water partition coefficient (Wildman–Crippen LogP) is 3.80. The van der Waals surface area contributed by atoms with Crippen LogP contribution < -0.4 is 0 Å². The molecule has 1 amide bonds. The van der Waals surface area contributed by atoms with Crippen LogP contribution in [-0.2, 0) is 0 Å². The molecule has 0 saturated carbocycles. The maximum Gasteiger partial charge on any atom is 0.254 e. The number of fused-ring (bicyclic) bond motifs is 1. The first-order valence-electron chi connectivity index (χ1n) is 8.20. The molecule has 1 aliphatic heterocycles. The van der Waals surface area contributed by atoms with E-state index < -0.39 is 0 Å². The lowest BCUT2D eigenvalue weighted by Gasteiger charge is -2.27. The van der Waals surface area contributed by atoms with Crippen LogP contribution in [0.25, 0.3) is 16.6 Å². The van der Waals surface area contributed by atoms with E-state index in [9.17, 15) is 4.79 Å². The summed E-state index contributed by atoms with van der Waals surface area (Å²) < 4.78 is 0. The highest BCUT2D eigenvalue weighted by molar-refractivity contribution is 5.96. The lowest BCUT2D eigenvalue weighted by Crippen LogP contribution is -2.35. The highest BCUT2D eigenvalue weighted by atomic mass is 16.2. The molecule has 1 N–H and O–H groups in total. The summed E-state index contributed by atoms with van der Waals surface area (Å²) in [5.41, 5.74) is 5.21. The Morgan fingerprint density at radius 2 is 2.08 bits per heavy atom. The molecular formula is C20H19N3O. The van der Waals surface area contributed by atoms with E-state index in [1.807, 2.05) is 48.4 Å². The minimum atomic E-state index is 0.115. The van der Waals surface area contributed by atoms with Gasteiger partial charge in [-0.3, -0.25) is 4.79 Å². The fraction of sp³-hybridized carbons (Fsp3) is 0.200. The fourth-order valence-corrected chi connectivity index (χ4v) is 3.30. The molecule has 24 heavy (non-hydrogen) atoms. The summed E-state index contributed by atoms with van der Waals surface area (Å²) in [5.74, 6) is 0.115. The molecule has 3 heterocycles. The maximum absolute atomic E-state index is 12.7. The van der Waals surface area contributed by atoms with Gasteiger partial charge in [0.05, 0.1) is 0 Å². The average Bonchev–Trinajstić information content (AvgIpc) is 3.06. The average molecular weight is 317 g/mol. The number of hydrogen-bond acceptors (Lipinski definition) is 2. The zero-order chi connectivity index (χ0) is 16.5. The van der Waals surface area contributed by atoms with Crippen molar-refractivity contribution in [2.75, 3.05) is 13.1 Å². The molecule has 0 fully saturated rings. The molecule has 4 nitrogen and oxygen atoms in total. The van der Waals surface area contributed by atoms with Crippen molar-refractivity contribution in [1.29, 1.82) is 0 Å². The SMILES string of the molecule is Cc1ccccc1C(=O)N1CC=C(c2c[nH]c3ncccc23)CC1. The second-order valence-corrected chi connectivity index (χ2v) is 6.15. The van der Waals surface area contributed by atoms with Gasteiger partial charge in [-0.2, -0.15) is 0 Å². The number of hydrogen-bond donors (Lipinski definition) is 1. The number of rotatable bonds is 2. The lowest BCUT2D eigenvalue weighted by molar-refractivity contribution is 0.0772. The molecule has 0 unspecified atom stereocenters. The van der Waals surface area contributed by atoms with E-state index in [4.69, 9.17) is 0 Å². The number of H-pyrrole nitrogens is 1. The summed E-state index contributed by atoms with van der Waals surface area (Å²) in [7, 11) is 0. The van der Waals surface area contributed by atoms with Crippen molar-refractivity contribution in [2.24, 2.45) is 0 Å². The summed E-state index contributed by atoms with van der Waals surface area (Å²) >= 11 is 0. The molecule has 4 rings (SSSR count). The third-order valence-electron chi connectivity index (χ3n) is 4.67. The number of nitrogens with zero attached hydrogens (tertiary/aromatic N) is 2. The highest BCUT2D eigenvalue weighted by Gasteiger charge is 2.21. The first kappa shape index (κ1) is 14.7. The van der Waals surface area contributed by atoms with Gasteiger partial charge in [-0.15, -0.1) is 0 Å². The Morgan fingerprint density at radius 3 is 2.88 bits per heavy atom. The van der Waals surface area contributed by atoms with Crippen LogP contribution in [0.2, 0.25) is 0 Å². The van der Waals surface area contributed by atoms with Gasteiger partial charge in [0.15, 0.2) is 0 Å². The summed E-state index contributed by atoms with van der Waals surface area (Å²) in [6, 6.07) is 11.8. The molecule has 0 radical (unpaired) electrons. The second-order valence-electron chi connectivity index (χ2n) is 6.15. The summed E-state index contributed by atoms with van der Waals surface area (Å²) in [4.78, 5) is 22.2. The lowest BCUT2D eigenvalue weighted by atomic mass is 9.98. The Bertz CT molecular complexity index is 939. The van der Waals surface area contributed by atoms with Crippen LogP contribution in [0.15, 0.2) is 54.9 Å². The normalized spacial score (nSPS) is 14.7. The third kappa shape index (κ3) is 2.50. The molecule has 0 bridgehead atoms. The van der Waals surface area contributed by atoms with Gasteiger partial charge in [0.25, 0.3) is 5.91 Å². The molecule has 0 spiro atoms. The Balaban J connectivity index is 1.57. The third-order valence-corrected chi connectivity index (χ3v) is 4.67. The van der Waals surface area contributed by atoms with E-state index in [-0.39, 0.29) is 5.91 Å². The Labute approximate surface area is 140 Å². The van der Waals surface area contributed by atoms with Gasteiger partial charge < -0.3 is 9.88 Å². The van der Waals surface area contributed by atoms with Crippen LogP contribution >= 0.6 is 0 Å². The van der Waals surface area contributed by atoms with Crippen LogP contribution in [-0.4, -0.2) is 33.9 Å². The molecular weight excluding hydrogens is 298 g/mol. The van der Waals surface area contributed by atoms with Crippen LogP contribution in [0.4, 0.5) is 0 Å². The number of carbonyl (C=O) groups is 1. The molecule has 1 aromatic carbocycles. The van der Waals surface area contributed by atoms with E-state index in [0.29, 0.717) is 6.54 Å². The highest BCUT2D eigenvalue weighted by Crippen LogP contribution is 2.28. The van der Waals surface area contributed by atoms with Crippen molar-refractivity contribution in [3.8, 4) is 0 Å². The van der Waals surface area contributed by atoms with Gasteiger partial charge in [-0.25, -0.2) is 4.98 Å². The summed E-state index contributed by atoms with van der Waals surface area (Å²) in [5, 5.41) is 1.14. The van der Waals surface area contributed by atoms with E-state index in [2.05, 4.69) is 22.1 Å². The number of benzene rings is 1. The molecule has 1 aliphatic rings. The molecule has 0 aliphatic carbocycles. The van der Waals surface area contributed by atoms with Crippen LogP contribution in [0, 0.1) is 6.92 Å². The minimum Gasteiger partial charge on any atom is -0.346 e. The number of amides is 1. The van der Waals surface area contributed by atoms with Gasteiger partial charge in [-0.1, -0.05) is 24.3 Å². The number of carbonyl (C=O) groups excluding carboxylic acids is 1. The number of aromatic nitrogens is 2. The van der Waals surface area contributed by atoms with E-state index in [1.165, 1.54) is 11.1 Å². The van der Waals surface area contributed by atoms with Crippen molar-refractivity contribution in [1.82, 2.24) is 14.9 Å². The Hall–Kier alpha value is -2.88. The van der Waals surface area contributed by atoms with E-state index in [0.717, 1.165) is 35.1 Å². The molecule has 3 aromatic rings. The number of pyridine rings is 1. The second kappa shape index (κ2) is 5.96. The standard InChI is InChI=1S/C20H19N3O/c1-14-5-2-3-6-16(14)20(24)23-11-8-15(9-12-23)18-13-22-19-17(18)7-4-10-21-19/h2-8,10,13H,9,11-12H2,1H3,(H,21,22). The topological polar surface area (TPSA) is 49.0 Å². The van der Waals surface area contributed by atoms with Gasteiger partial charge in [-0.05, 0) is 42.7 Å². The van der Waals surface area contributed by atoms with Gasteiger partial charge in [0, 0.05) is 42.0 Å². The molecule has 120 valence electrons. The van der Waals surface area contributed by atoms with Crippen LogP contribution in [0.1, 0.15) is 27.9 Å². The van der Waals surface area contributed by atoms with Crippen molar-refractivity contribution < 1.29 is 4.79 Å². The van der Waals surface area contributed by atoms with Crippen molar-refractivity contribution >= 4 is 22.5 Å². The number of nitrogens with one attached hydrogen (secondary N) is 1. The van der Waals surface area contributed by atoms with E-state index >= 15 is 0 Å². The fourth-order valence-electron chi connectivity index (χ4n) is 3.30. The first-order chi connectivity index (χ1) is 11.7. The summed E-state index contributed by atoms with van der Waals surface area (Å²) in [6.45, 7) is 3.37. The molecule has 2 aromatic heterocycles. The molecule has 0 atom stereocenters. The molecule has 4 heteroatoms. The number of aryl methyl sites for hydroxylation is 1. The zero-order valence-electron chi connectivity index (χ0n) is 13.6. The van der Waals surface area contributed by atoms with Gasteiger partial charge >= 0.3 is 0 Å². The minimum absolute atomic E-state index is 0.115. The van der Waals surface area contributed by atoms with Crippen LogP contribution in [0.3, 0.4) is 0 Å².